The number of amides is 1. The summed E-state index contributed by atoms with van der Waals surface area (Å²) in [4.78, 5) is 11.9. The van der Waals surface area contributed by atoms with E-state index in [2.05, 4.69) is 33.2 Å². The maximum atomic E-state index is 11.9. The van der Waals surface area contributed by atoms with Crippen molar-refractivity contribution >= 4 is 45.8 Å². The van der Waals surface area contributed by atoms with Gasteiger partial charge < -0.3 is 10.6 Å². The first-order valence-electron chi connectivity index (χ1n) is 5.51. The van der Waals surface area contributed by atoms with E-state index in [1.807, 2.05) is 26.0 Å². The van der Waals surface area contributed by atoms with Gasteiger partial charge in [0.1, 0.15) is 0 Å². The van der Waals surface area contributed by atoms with Gasteiger partial charge in [0.05, 0.1) is 10.7 Å². The number of rotatable bonds is 5. The van der Waals surface area contributed by atoms with Crippen molar-refractivity contribution in [3.8, 4) is 0 Å². The molecule has 17 heavy (non-hydrogen) atoms. The molecular formula is C12H16ClIN2O. The molecule has 1 aromatic carbocycles. The zero-order chi connectivity index (χ0) is 12.8. The largest absolute Gasteiger partial charge is 0.324 e. The van der Waals surface area contributed by atoms with Gasteiger partial charge in [-0.3, -0.25) is 4.79 Å². The lowest BCUT2D eigenvalue weighted by atomic mass is 10.1. The van der Waals surface area contributed by atoms with Crippen molar-refractivity contribution in [3.63, 3.8) is 0 Å². The van der Waals surface area contributed by atoms with E-state index in [-0.39, 0.29) is 11.8 Å². The summed E-state index contributed by atoms with van der Waals surface area (Å²) in [5, 5.41) is 6.55. The second-order valence-corrected chi connectivity index (χ2v) is 5.47. The van der Waals surface area contributed by atoms with Crippen molar-refractivity contribution in [1.29, 1.82) is 0 Å². The smallest absolute Gasteiger partial charge is 0.228 e. The second kappa shape index (κ2) is 7.18. The third-order valence-corrected chi connectivity index (χ3v) is 3.33. The van der Waals surface area contributed by atoms with Crippen molar-refractivity contribution in [2.24, 2.45) is 5.92 Å². The molecule has 5 heteroatoms. The van der Waals surface area contributed by atoms with Gasteiger partial charge in [0.25, 0.3) is 0 Å². The van der Waals surface area contributed by atoms with Crippen LogP contribution < -0.4 is 10.6 Å². The molecule has 0 bridgehead atoms. The zero-order valence-electron chi connectivity index (χ0n) is 9.89. The molecule has 0 aliphatic carbocycles. The first-order chi connectivity index (χ1) is 8.04. The predicted molar refractivity (Wildman–Crippen MR) is 80.5 cm³/mol. The van der Waals surface area contributed by atoms with Crippen LogP contribution in [0.3, 0.4) is 0 Å². The summed E-state index contributed by atoms with van der Waals surface area (Å²) >= 11 is 8.20. The number of hydrogen-bond acceptors (Lipinski definition) is 2. The predicted octanol–water partition coefficient (Wildman–Crippen LogP) is 3.13. The summed E-state index contributed by atoms with van der Waals surface area (Å²) in [6, 6.07) is 5.55. The third kappa shape index (κ3) is 4.81. The average Bonchev–Trinajstić information content (AvgIpc) is 2.30. The second-order valence-electron chi connectivity index (χ2n) is 3.82. The van der Waals surface area contributed by atoms with E-state index in [0.29, 0.717) is 17.3 Å². The van der Waals surface area contributed by atoms with E-state index in [1.54, 1.807) is 6.07 Å². The molecule has 1 rings (SSSR count). The highest BCUT2D eigenvalue weighted by molar-refractivity contribution is 14.1. The highest BCUT2D eigenvalue weighted by atomic mass is 127. The molecule has 1 aromatic rings. The average molecular weight is 367 g/mol. The molecule has 0 aromatic heterocycles. The van der Waals surface area contributed by atoms with Gasteiger partial charge in [-0.1, -0.05) is 25.4 Å². The summed E-state index contributed by atoms with van der Waals surface area (Å²) in [7, 11) is 0. The Labute approximate surface area is 120 Å². The first kappa shape index (κ1) is 14.7. The maximum absolute atomic E-state index is 11.9. The molecule has 3 nitrogen and oxygen atoms in total. The lowest BCUT2D eigenvalue weighted by Crippen LogP contribution is -2.30. The topological polar surface area (TPSA) is 41.1 Å². The standard InChI is InChI=1S/C12H16ClIN2O/c1-3-15-7-8(2)12(17)16-11-6-9(14)4-5-10(11)13/h4-6,8,15H,3,7H2,1-2H3,(H,16,17). The van der Waals surface area contributed by atoms with Gasteiger partial charge in [-0.25, -0.2) is 0 Å². The molecule has 0 saturated carbocycles. The van der Waals surface area contributed by atoms with Crippen LogP contribution in [0.15, 0.2) is 18.2 Å². The Hall–Kier alpha value is -0.330. The SMILES string of the molecule is CCNCC(C)C(=O)Nc1cc(I)ccc1Cl. The van der Waals surface area contributed by atoms with Crippen LogP contribution in [0.5, 0.6) is 0 Å². The van der Waals surface area contributed by atoms with Crippen LogP contribution in [0.1, 0.15) is 13.8 Å². The Balaban J connectivity index is 2.64. The fourth-order valence-corrected chi connectivity index (χ4v) is 1.96. The van der Waals surface area contributed by atoms with E-state index >= 15 is 0 Å². The first-order valence-corrected chi connectivity index (χ1v) is 6.97. The number of halogens is 2. The van der Waals surface area contributed by atoms with Crippen LogP contribution in [0.2, 0.25) is 5.02 Å². The number of carbonyl (C=O) groups excluding carboxylic acids is 1. The monoisotopic (exact) mass is 366 g/mol. The van der Waals surface area contributed by atoms with Gasteiger partial charge in [-0.05, 0) is 47.3 Å². The van der Waals surface area contributed by atoms with Crippen LogP contribution >= 0.6 is 34.2 Å². The number of carbonyl (C=O) groups is 1. The molecule has 0 fully saturated rings. The summed E-state index contributed by atoms with van der Waals surface area (Å²) in [6.07, 6.45) is 0. The van der Waals surface area contributed by atoms with Crippen LogP contribution in [0, 0.1) is 9.49 Å². The van der Waals surface area contributed by atoms with Crippen molar-refractivity contribution in [1.82, 2.24) is 5.32 Å². The van der Waals surface area contributed by atoms with Gasteiger partial charge in [0, 0.05) is 16.0 Å². The van der Waals surface area contributed by atoms with E-state index in [9.17, 15) is 4.79 Å². The molecule has 1 unspecified atom stereocenters. The Kier molecular flexibility index (Phi) is 6.22. The van der Waals surface area contributed by atoms with Crippen molar-refractivity contribution in [2.45, 2.75) is 13.8 Å². The highest BCUT2D eigenvalue weighted by Gasteiger charge is 2.13. The van der Waals surface area contributed by atoms with E-state index < -0.39 is 0 Å². The van der Waals surface area contributed by atoms with Crippen LogP contribution in [0.25, 0.3) is 0 Å². The van der Waals surface area contributed by atoms with Crippen molar-refractivity contribution < 1.29 is 4.79 Å². The van der Waals surface area contributed by atoms with Crippen LogP contribution in [-0.4, -0.2) is 19.0 Å². The van der Waals surface area contributed by atoms with Gasteiger partial charge in [-0.15, -0.1) is 0 Å². The van der Waals surface area contributed by atoms with Gasteiger partial charge in [0.15, 0.2) is 0 Å². The molecule has 0 aliphatic rings. The zero-order valence-corrected chi connectivity index (χ0v) is 12.8. The summed E-state index contributed by atoms with van der Waals surface area (Å²) < 4.78 is 1.04. The molecule has 0 spiro atoms. The molecule has 0 aliphatic heterocycles. The number of benzene rings is 1. The number of anilines is 1. The molecular weight excluding hydrogens is 351 g/mol. The fourth-order valence-electron chi connectivity index (χ4n) is 1.30. The Bertz CT molecular complexity index is 398. The fraction of sp³-hybridized carbons (Fsp3) is 0.417. The lowest BCUT2D eigenvalue weighted by Gasteiger charge is -2.13. The summed E-state index contributed by atoms with van der Waals surface area (Å²) in [5.41, 5.74) is 0.673. The van der Waals surface area contributed by atoms with Crippen LogP contribution in [-0.2, 0) is 4.79 Å². The molecule has 2 N–H and O–H groups in total. The quantitative estimate of drug-likeness (QED) is 0.786. The molecule has 0 saturated heterocycles. The molecule has 1 atom stereocenters. The van der Waals surface area contributed by atoms with Crippen molar-refractivity contribution in [3.05, 3.63) is 26.8 Å². The third-order valence-electron chi connectivity index (χ3n) is 2.33. The van der Waals surface area contributed by atoms with Gasteiger partial charge in [0.2, 0.25) is 5.91 Å². The normalized spacial score (nSPS) is 12.2. The minimum Gasteiger partial charge on any atom is -0.324 e. The van der Waals surface area contributed by atoms with E-state index in [4.69, 9.17) is 11.6 Å². The van der Waals surface area contributed by atoms with Gasteiger partial charge in [-0.2, -0.15) is 0 Å². The summed E-state index contributed by atoms with van der Waals surface area (Å²) in [6.45, 7) is 5.44. The van der Waals surface area contributed by atoms with Gasteiger partial charge >= 0.3 is 0 Å². The Morgan fingerprint density at radius 1 is 1.53 bits per heavy atom. The summed E-state index contributed by atoms with van der Waals surface area (Å²) in [5.74, 6) is -0.0984. The van der Waals surface area contributed by atoms with Crippen molar-refractivity contribution in [2.75, 3.05) is 18.4 Å². The molecule has 1 amide bonds. The molecule has 0 heterocycles. The van der Waals surface area contributed by atoms with E-state index in [0.717, 1.165) is 10.1 Å². The maximum Gasteiger partial charge on any atom is 0.228 e. The highest BCUT2D eigenvalue weighted by Crippen LogP contribution is 2.24. The Morgan fingerprint density at radius 2 is 2.24 bits per heavy atom. The van der Waals surface area contributed by atoms with Crippen LogP contribution in [0.4, 0.5) is 5.69 Å². The number of hydrogen-bond donors (Lipinski definition) is 2. The minimum atomic E-state index is -0.0797. The lowest BCUT2D eigenvalue weighted by molar-refractivity contribution is -0.119. The molecule has 0 radical (unpaired) electrons. The van der Waals surface area contributed by atoms with E-state index in [1.165, 1.54) is 0 Å². The molecule has 94 valence electrons. The Morgan fingerprint density at radius 3 is 2.88 bits per heavy atom. The minimum absolute atomic E-state index is 0.0187. The number of nitrogens with one attached hydrogen (secondary N) is 2.